The van der Waals surface area contributed by atoms with Gasteiger partial charge < -0.3 is 5.11 Å². The van der Waals surface area contributed by atoms with E-state index in [1.54, 1.807) is 23.9 Å². The van der Waals surface area contributed by atoms with E-state index in [9.17, 15) is 13.2 Å². The van der Waals surface area contributed by atoms with Gasteiger partial charge in [-0.3, -0.25) is 0 Å². The number of sulfonamides is 1. The average molecular weight is 329 g/mol. The van der Waals surface area contributed by atoms with Gasteiger partial charge in [-0.15, -0.1) is 0 Å². The summed E-state index contributed by atoms with van der Waals surface area (Å²) in [6, 6.07) is 6.16. The maximum atomic E-state index is 12.2. The topological polar surface area (TPSA) is 83.5 Å². The first-order valence-corrected chi connectivity index (χ1v) is 9.22. The van der Waals surface area contributed by atoms with Crippen LogP contribution in [0.25, 0.3) is 6.08 Å². The Morgan fingerprint density at radius 1 is 1.48 bits per heavy atom. The van der Waals surface area contributed by atoms with Gasteiger partial charge in [0.05, 0.1) is 4.90 Å². The van der Waals surface area contributed by atoms with E-state index in [-0.39, 0.29) is 10.8 Å². The van der Waals surface area contributed by atoms with Crippen LogP contribution in [-0.4, -0.2) is 38.0 Å². The summed E-state index contributed by atoms with van der Waals surface area (Å²) in [5.41, 5.74) is 0.525. The summed E-state index contributed by atoms with van der Waals surface area (Å²) in [7, 11) is -3.58. The molecule has 0 aliphatic heterocycles. The number of hydrogen-bond acceptors (Lipinski definition) is 4. The van der Waals surface area contributed by atoms with Crippen LogP contribution in [0.5, 0.6) is 0 Å². The molecule has 1 atom stereocenters. The molecule has 0 spiro atoms. The van der Waals surface area contributed by atoms with Crippen LogP contribution in [0.15, 0.2) is 35.2 Å². The summed E-state index contributed by atoms with van der Waals surface area (Å²) in [4.78, 5) is 10.6. The van der Waals surface area contributed by atoms with Crippen LogP contribution in [0.3, 0.4) is 0 Å². The molecule has 0 heterocycles. The number of carboxylic acids is 1. The Morgan fingerprint density at radius 2 is 2.19 bits per heavy atom. The minimum Gasteiger partial charge on any atom is -0.478 e. The van der Waals surface area contributed by atoms with Gasteiger partial charge in [-0.05, 0) is 41.7 Å². The first kappa shape index (κ1) is 17.7. The van der Waals surface area contributed by atoms with E-state index in [1.807, 2.05) is 13.2 Å². The number of benzene rings is 1. The van der Waals surface area contributed by atoms with Crippen molar-refractivity contribution >= 4 is 33.8 Å². The first-order chi connectivity index (χ1) is 9.85. The average Bonchev–Trinajstić information content (AvgIpc) is 2.44. The van der Waals surface area contributed by atoms with Crippen LogP contribution in [0.1, 0.15) is 12.5 Å². The van der Waals surface area contributed by atoms with Crippen molar-refractivity contribution in [2.24, 2.45) is 5.92 Å². The molecule has 2 N–H and O–H groups in total. The van der Waals surface area contributed by atoms with Crippen LogP contribution in [0.4, 0.5) is 0 Å². The van der Waals surface area contributed by atoms with Crippen molar-refractivity contribution in [1.82, 2.24) is 4.72 Å². The fourth-order valence-corrected chi connectivity index (χ4v) is 3.54. The van der Waals surface area contributed by atoms with Crippen LogP contribution in [-0.2, 0) is 14.8 Å². The molecule has 1 aromatic rings. The molecule has 1 unspecified atom stereocenters. The standard InChI is InChI=1S/C14H19NO4S2/c1-11(10-20-2)9-15-21(18,19)13-5-3-4-12(8-13)6-7-14(16)17/h3-8,11,15H,9-10H2,1-2H3,(H,16,17). The van der Waals surface area contributed by atoms with E-state index < -0.39 is 16.0 Å². The molecule has 5 nitrogen and oxygen atoms in total. The van der Waals surface area contributed by atoms with Crippen molar-refractivity contribution in [3.05, 3.63) is 35.9 Å². The Morgan fingerprint density at radius 3 is 2.81 bits per heavy atom. The zero-order chi connectivity index (χ0) is 15.9. The zero-order valence-electron chi connectivity index (χ0n) is 11.9. The van der Waals surface area contributed by atoms with Gasteiger partial charge in [-0.25, -0.2) is 17.9 Å². The molecule has 0 saturated carbocycles. The lowest BCUT2D eigenvalue weighted by molar-refractivity contribution is -0.131. The number of thioether (sulfide) groups is 1. The van der Waals surface area contributed by atoms with Gasteiger partial charge in [0, 0.05) is 12.6 Å². The van der Waals surface area contributed by atoms with E-state index in [2.05, 4.69) is 4.72 Å². The van der Waals surface area contributed by atoms with Crippen molar-refractivity contribution in [1.29, 1.82) is 0 Å². The van der Waals surface area contributed by atoms with Gasteiger partial charge in [0.1, 0.15) is 0 Å². The molecule has 0 aliphatic rings. The molecule has 0 radical (unpaired) electrons. The minimum absolute atomic E-state index is 0.131. The number of carboxylic acid groups (broad SMARTS) is 1. The molecule has 7 heteroatoms. The Bertz CT molecular complexity index is 611. The Kier molecular flexibility index (Phi) is 6.94. The summed E-state index contributed by atoms with van der Waals surface area (Å²) < 4.78 is 26.9. The molecule has 0 bridgehead atoms. The SMILES string of the molecule is CSCC(C)CNS(=O)(=O)c1cccc(C=CC(=O)O)c1. The molecular formula is C14H19NO4S2. The summed E-state index contributed by atoms with van der Waals surface area (Å²) in [5.74, 6) is 0.0429. The molecular weight excluding hydrogens is 310 g/mol. The number of hydrogen-bond donors (Lipinski definition) is 2. The van der Waals surface area contributed by atoms with Crippen LogP contribution < -0.4 is 4.72 Å². The van der Waals surface area contributed by atoms with Gasteiger partial charge in [-0.2, -0.15) is 11.8 Å². The van der Waals surface area contributed by atoms with Crippen molar-refractivity contribution in [3.63, 3.8) is 0 Å². The van der Waals surface area contributed by atoms with E-state index in [4.69, 9.17) is 5.11 Å². The maximum absolute atomic E-state index is 12.2. The molecule has 1 rings (SSSR count). The third-order valence-electron chi connectivity index (χ3n) is 2.66. The smallest absolute Gasteiger partial charge is 0.328 e. The van der Waals surface area contributed by atoms with E-state index in [0.717, 1.165) is 11.8 Å². The van der Waals surface area contributed by atoms with Gasteiger partial charge in [0.25, 0.3) is 0 Å². The summed E-state index contributed by atoms with van der Waals surface area (Å²) >= 11 is 1.67. The second kappa shape index (κ2) is 8.21. The Labute approximate surface area is 129 Å². The number of aliphatic carboxylic acids is 1. The third-order valence-corrected chi connectivity index (χ3v) is 4.98. The number of rotatable bonds is 8. The second-order valence-corrected chi connectivity index (χ2v) is 7.33. The normalized spacial score (nSPS) is 13.4. The molecule has 0 aliphatic carbocycles. The summed E-state index contributed by atoms with van der Waals surface area (Å²) in [5, 5.41) is 8.58. The van der Waals surface area contributed by atoms with Crippen molar-refractivity contribution in [2.75, 3.05) is 18.6 Å². The van der Waals surface area contributed by atoms with Gasteiger partial charge >= 0.3 is 5.97 Å². The molecule has 0 aromatic heterocycles. The second-order valence-electron chi connectivity index (χ2n) is 4.66. The lowest BCUT2D eigenvalue weighted by Gasteiger charge is -2.12. The summed E-state index contributed by atoms with van der Waals surface area (Å²) in [6.07, 6.45) is 4.31. The highest BCUT2D eigenvalue weighted by Crippen LogP contribution is 2.13. The molecule has 21 heavy (non-hydrogen) atoms. The fourth-order valence-electron chi connectivity index (χ4n) is 1.63. The van der Waals surface area contributed by atoms with Crippen molar-refractivity contribution in [3.8, 4) is 0 Å². The monoisotopic (exact) mass is 329 g/mol. The number of carbonyl (C=O) groups is 1. The lowest BCUT2D eigenvalue weighted by Crippen LogP contribution is -2.29. The van der Waals surface area contributed by atoms with Crippen LogP contribution >= 0.6 is 11.8 Å². The van der Waals surface area contributed by atoms with E-state index in [1.165, 1.54) is 18.2 Å². The minimum atomic E-state index is -3.58. The first-order valence-electron chi connectivity index (χ1n) is 6.35. The summed E-state index contributed by atoms with van der Waals surface area (Å²) in [6.45, 7) is 2.35. The third kappa shape index (κ3) is 6.33. The molecule has 0 fully saturated rings. The molecule has 0 amide bonds. The largest absolute Gasteiger partial charge is 0.478 e. The Balaban J connectivity index is 2.83. The molecule has 116 valence electrons. The zero-order valence-corrected chi connectivity index (χ0v) is 13.6. The highest BCUT2D eigenvalue weighted by atomic mass is 32.2. The fraction of sp³-hybridized carbons (Fsp3) is 0.357. The number of nitrogens with one attached hydrogen (secondary N) is 1. The van der Waals surface area contributed by atoms with E-state index >= 15 is 0 Å². The highest BCUT2D eigenvalue weighted by Gasteiger charge is 2.15. The van der Waals surface area contributed by atoms with Crippen LogP contribution in [0.2, 0.25) is 0 Å². The van der Waals surface area contributed by atoms with Gasteiger partial charge in [-0.1, -0.05) is 19.1 Å². The van der Waals surface area contributed by atoms with E-state index in [0.29, 0.717) is 12.1 Å². The maximum Gasteiger partial charge on any atom is 0.328 e. The van der Waals surface area contributed by atoms with Gasteiger partial charge in [0.2, 0.25) is 10.0 Å². The van der Waals surface area contributed by atoms with Crippen molar-refractivity contribution in [2.45, 2.75) is 11.8 Å². The van der Waals surface area contributed by atoms with Crippen molar-refractivity contribution < 1.29 is 18.3 Å². The van der Waals surface area contributed by atoms with Crippen LogP contribution in [0, 0.1) is 5.92 Å². The molecule has 1 aromatic carbocycles. The predicted molar refractivity (Wildman–Crippen MR) is 85.8 cm³/mol. The quantitative estimate of drug-likeness (QED) is 0.713. The lowest BCUT2D eigenvalue weighted by atomic mass is 10.2. The van der Waals surface area contributed by atoms with Gasteiger partial charge in [0.15, 0.2) is 0 Å². The predicted octanol–water partition coefficient (Wildman–Crippen LogP) is 2.06. The Hall–Kier alpha value is -1.31. The highest BCUT2D eigenvalue weighted by molar-refractivity contribution is 7.98. The molecule has 0 saturated heterocycles.